The number of hydrogen-bond acceptors (Lipinski definition) is 5. The van der Waals surface area contributed by atoms with Crippen molar-refractivity contribution in [3.63, 3.8) is 0 Å². The topological polar surface area (TPSA) is 61.3 Å². The Morgan fingerprint density at radius 3 is 2.76 bits per heavy atom. The normalized spacial score (nSPS) is 19.0. The van der Waals surface area contributed by atoms with Crippen molar-refractivity contribution in [2.75, 3.05) is 6.61 Å². The molecule has 1 atom stereocenters. The molecule has 0 saturated carbocycles. The Hall–Kier alpha value is -2.43. The highest BCUT2D eigenvalue weighted by molar-refractivity contribution is 5.91. The van der Waals surface area contributed by atoms with Gasteiger partial charge in [0.1, 0.15) is 17.0 Å². The molecule has 0 fully saturated rings. The van der Waals surface area contributed by atoms with Gasteiger partial charge in [-0.1, -0.05) is 31.5 Å². The Kier molecular flexibility index (Phi) is 5.31. The van der Waals surface area contributed by atoms with Gasteiger partial charge in [-0.05, 0) is 37.0 Å². The largest absolute Gasteiger partial charge is 0.487 e. The van der Waals surface area contributed by atoms with Crippen LogP contribution in [-0.2, 0) is 6.42 Å². The van der Waals surface area contributed by atoms with E-state index in [1.807, 2.05) is 12.1 Å². The second-order valence-electron chi connectivity index (χ2n) is 6.55. The average molecular weight is 340 g/mol. The number of para-hydroxylation sites is 1. The summed E-state index contributed by atoms with van der Waals surface area (Å²) in [5.41, 5.74) is 1.44. The quantitative estimate of drug-likeness (QED) is 0.713. The number of rotatable bonds is 7. The Balaban J connectivity index is 1.62. The second kappa shape index (κ2) is 7.64. The summed E-state index contributed by atoms with van der Waals surface area (Å²) in [7, 11) is 0. The van der Waals surface area contributed by atoms with Crippen molar-refractivity contribution >= 4 is 5.78 Å². The standard InChI is InChI=1S/C20H24N2O3/c1-3-11-20(12-10-16-6-4-5-7-18(16)25-20)13-14-24-19-9-8-17(15(2)23)21-22-19/h4-9H,3,10-14H2,1-2H3. The van der Waals surface area contributed by atoms with E-state index in [9.17, 15) is 4.79 Å². The molecule has 0 N–H and O–H groups in total. The molecule has 1 aromatic carbocycles. The van der Waals surface area contributed by atoms with Crippen molar-refractivity contribution in [2.45, 2.75) is 51.6 Å². The molecule has 25 heavy (non-hydrogen) atoms. The molecular weight excluding hydrogens is 316 g/mol. The maximum atomic E-state index is 11.2. The molecule has 1 aliphatic heterocycles. The summed E-state index contributed by atoms with van der Waals surface area (Å²) in [5, 5.41) is 7.82. The van der Waals surface area contributed by atoms with Crippen LogP contribution in [0.4, 0.5) is 0 Å². The van der Waals surface area contributed by atoms with Gasteiger partial charge < -0.3 is 9.47 Å². The summed E-state index contributed by atoms with van der Waals surface area (Å²) >= 11 is 0. The van der Waals surface area contributed by atoms with Crippen molar-refractivity contribution in [1.82, 2.24) is 10.2 Å². The van der Waals surface area contributed by atoms with Crippen LogP contribution in [0.15, 0.2) is 36.4 Å². The Bertz CT molecular complexity index is 730. The van der Waals surface area contributed by atoms with Crippen LogP contribution in [-0.4, -0.2) is 28.2 Å². The van der Waals surface area contributed by atoms with Crippen LogP contribution >= 0.6 is 0 Å². The minimum Gasteiger partial charge on any atom is -0.487 e. The number of carbonyl (C=O) groups is 1. The van der Waals surface area contributed by atoms with Crippen LogP contribution in [0.2, 0.25) is 0 Å². The number of Topliss-reactive ketones (excluding diaryl/α,β-unsaturated/α-hetero) is 1. The smallest absolute Gasteiger partial charge is 0.233 e. The molecule has 1 unspecified atom stereocenters. The molecule has 0 bridgehead atoms. The van der Waals surface area contributed by atoms with Crippen LogP contribution < -0.4 is 9.47 Å². The molecule has 0 aliphatic carbocycles. The number of fused-ring (bicyclic) bond motifs is 1. The number of carbonyl (C=O) groups excluding carboxylic acids is 1. The van der Waals surface area contributed by atoms with Crippen molar-refractivity contribution in [3.05, 3.63) is 47.7 Å². The molecule has 2 aromatic rings. The van der Waals surface area contributed by atoms with Crippen molar-refractivity contribution in [2.24, 2.45) is 0 Å². The summed E-state index contributed by atoms with van der Waals surface area (Å²) in [4.78, 5) is 11.2. The van der Waals surface area contributed by atoms with Crippen molar-refractivity contribution < 1.29 is 14.3 Å². The lowest BCUT2D eigenvalue weighted by Gasteiger charge is -2.38. The lowest BCUT2D eigenvalue weighted by molar-refractivity contribution is 0.0159. The molecule has 0 saturated heterocycles. The molecule has 5 heteroatoms. The minimum absolute atomic E-state index is 0.102. The first-order chi connectivity index (χ1) is 12.1. The van der Waals surface area contributed by atoms with E-state index in [1.54, 1.807) is 12.1 Å². The van der Waals surface area contributed by atoms with Gasteiger partial charge in [0.15, 0.2) is 5.78 Å². The van der Waals surface area contributed by atoms with Gasteiger partial charge in [-0.2, -0.15) is 0 Å². The van der Waals surface area contributed by atoms with E-state index in [2.05, 4.69) is 29.3 Å². The van der Waals surface area contributed by atoms with Crippen LogP contribution in [0.5, 0.6) is 11.6 Å². The van der Waals surface area contributed by atoms with Crippen molar-refractivity contribution in [3.8, 4) is 11.6 Å². The SMILES string of the molecule is CCCC1(CCOc2ccc(C(C)=O)nn2)CCc2ccccc2O1. The fraction of sp³-hybridized carbons (Fsp3) is 0.450. The second-order valence-corrected chi connectivity index (χ2v) is 6.55. The van der Waals surface area contributed by atoms with E-state index in [0.717, 1.165) is 37.9 Å². The number of hydrogen-bond donors (Lipinski definition) is 0. The van der Waals surface area contributed by atoms with E-state index in [1.165, 1.54) is 12.5 Å². The summed E-state index contributed by atoms with van der Waals surface area (Å²) in [6, 6.07) is 11.6. The van der Waals surface area contributed by atoms with Crippen LogP contribution in [0, 0.1) is 0 Å². The predicted molar refractivity (Wildman–Crippen MR) is 95.2 cm³/mol. The van der Waals surface area contributed by atoms with Gasteiger partial charge in [0, 0.05) is 19.4 Å². The van der Waals surface area contributed by atoms with Gasteiger partial charge in [-0.3, -0.25) is 4.79 Å². The molecule has 0 radical (unpaired) electrons. The van der Waals surface area contributed by atoms with E-state index in [0.29, 0.717) is 18.2 Å². The molecule has 132 valence electrons. The Labute approximate surface area is 148 Å². The summed E-state index contributed by atoms with van der Waals surface area (Å²) < 4.78 is 12.1. The molecule has 2 heterocycles. The molecule has 0 amide bonds. The van der Waals surface area contributed by atoms with E-state index < -0.39 is 0 Å². The van der Waals surface area contributed by atoms with Crippen LogP contribution in [0.1, 0.15) is 55.6 Å². The highest BCUT2D eigenvalue weighted by Crippen LogP contribution is 2.37. The Morgan fingerprint density at radius 2 is 2.04 bits per heavy atom. The van der Waals surface area contributed by atoms with Gasteiger partial charge >= 0.3 is 0 Å². The van der Waals surface area contributed by atoms with Gasteiger partial charge in [0.25, 0.3) is 0 Å². The molecule has 3 rings (SSSR count). The van der Waals surface area contributed by atoms with E-state index in [4.69, 9.17) is 9.47 Å². The fourth-order valence-electron chi connectivity index (χ4n) is 3.32. The lowest BCUT2D eigenvalue weighted by atomic mass is 9.85. The molecule has 5 nitrogen and oxygen atoms in total. The number of benzene rings is 1. The maximum Gasteiger partial charge on any atom is 0.233 e. The average Bonchev–Trinajstić information content (AvgIpc) is 2.62. The zero-order chi connectivity index (χ0) is 17.7. The predicted octanol–water partition coefficient (Wildman–Crippen LogP) is 4.01. The number of ether oxygens (including phenoxy) is 2. The molecule has 1 aliphatic rings. The number of aryl methyl sites for hydroxylation is 1. The summed E-state index contributed by atoms with van der Waals surface area (Å²) in [6.07, 6.45) is 4.89. The minimum atomic E-state index is -0.185. The zero-order valence-electron chi connectivity index (χ0n) is 14.8. The van der Waals surface area contributed by atoms with E-state index >= 15 is 0 Å². The lowest BCUT2D eigenvalue weighted by Crippen LogP contribution is -2.41. The third kappa shape index (κ3) is 4.16. The third-order valence-corrected chi connectivity index (χ3v) is 4.66. The molecule has 0 spiro atoms. The molecule has 1 aromatic heterocycles. The number of aromatic nitrogens is 2. The third-order valence-electron chi connectivity index (χ3n) is 4.66. The van der Waals surface area contributed by atoms with Gasteiger partial charge in [0.05, 0.1) is 6.61 Å². The fourth-order valence-corrected chi connectivity index (χ4v) is 3.32. The monoisotopic (exact) mass is 340 g/mol. The van der Waals surface area contributed by atoms with E-state index in [-0.39, 0.29) is 11.4 Å². The number of nitrogens with zero attached hydrogens (tertiary/aromatic N) is 2. The zero-order valence-corrected chi connectivity index (χ0v) is 14.8. The maximum absolute atomic E-state index is 11.2. The van der Waals surface area contributed by atoms with Crippen LogP contribution in [0.25, 0.3) is 0 Å². The summed E-state index contributed by atoms with van der Waals surface area (Å²) in [6.45, 7) is 4.16. The first-order valence-electron chi connectivity index (χ1n) is 8.86. The van der Waals surface area contributed by atoms with Gasteiger partial charge in [0.2, 0.25) is 5.88 Å². The van der Waals surface area contributed by atoms with Crippen LogP contribution in [0.3, 0.4) is 0 Å². The number of ketones is 1. The van der Waals surface area contributed by atoms with Gasteiger partial charge in [-0.25, -0.2) is 0 Å². The summed E-state index contributed by atoms with van der Waals surface area (Å²) in [5.74, 6) is 1.33. The highest BCUT2D eigenvalue weighted by Gasteiger charge is 2.35. The highest BCUT2D eigenvalue weighted by atomic mass is 16.5. The Morgan fingerprint density at radius 1 is 1.20 bits per heavy atom. The van der Waals surface area contributed by atoms with Crippen molar-refractivity contribution in [1.29, 1.82) is 0 Å². The van der Waals surface area contributed by atoms with Gasteiger partial charge in [-0.15, -0.1) is 10.2 Å². The first-order valence-corrected chi connectivity index (χ1v) is 8.86. The molecular formula is C20H24N2O3. The first kappa shape index (κ1) is 17.4.